The Morgan fingerprint density at radius 1 is 1.38 bits per heavy atom. The molecular formula is C16H15ClN2O5. The van der Waals surface area contributed by atoms with Crippen molar-refractivity contribution in [3.05, 3.63) is 63.2 Å². The first kappa shape index (κ1) is 17.7. The summed E-state index contributed by atoms with van der Waals surface area (Å²) in [6, 6.07) is 10.2. The first-order chi connectivity index (χ1) is 11.4. The number of rotatable bonds is 6. The van der Waals surface area contributed by atoms with Crippen molar-refractivity contribution in [3.8, 4) is 11.5 Å². The minimum Gasteiger partial charge on any atom is -0.456 e. The Kier molecular flexibility index (Phi) is 5.73. The molecule has 0 bridgehead atoms. The number of carbonyl (C=O) groups excluding carboxylic acids is 1. The molecule has 0 heterocycles. The average molecular weight is 351 g/mol. The third kappa shape index (κ3) is 4.68. The Labute approximate surface area is 143 Å². The van der Waals surface area contributed by atoms with Crippen molar-refractivity contribution >= 4 is 23.2 Å². The monoisotopic (exact) mass is 350 g/mol. The van der Waals surface area contributed by atoms with Crippen LogP contribution in [0.15, 0.2) is 42.5 Å². The van der Waals surface area contributed by atoms with Gasteiger partial charge < -0.3 is 15.2 Å². The summed E-state index contributed by atoms with van der Waals surface area (Å²) in [6.45, 7) is 1.70. The van der Waals surface area contributed by atoms with Gasteiger partial charge in [0, 0.05) is 24.2 Å². The summed E-state index contributed by atoms with van der Waals surface area (Å²) in [6.07, 6.45) is -0.646. The molecule has 8 heteroatoms. The fourth-order valence-electron chi connectivity index (χ4n) is 1.86. The summed E-state index contributed by atoms with van der Waals surface area (Å²) in [5.74, 6) is 0.246. The van der Waals surface area contributed by atoms with Crippen LogP contribution in [0, 0.1) is 10.1 Å². The number of nitrogens with one attached hydrogen (secondary N) is 1. The highest BCUT2D eigenvalue weighted by molar-refractivity contribution is 6.32. The van der Waals surface area contributed by atoms with E-state index in [9.17, 15) is 20.0 Å². The molecular weight excluding hydrogens is 336 g/mol. The standard InChI is InChI=1S/C16H15ClN2O5/c1-10(20)9-18-16(21)11-3-2-4-13(7-11)24-15-6-5-12(19(22)23)8-14(15)17/h2-8,10,20H,9H2,1H3,(H,18,21). The third-order valence-corrected chi connectivity index (χ3v) is 3.30. The van der Waals surface area contributed by atoms with Gasteiger partial charge in [-0.2, -0.15) is 0 Å². The lowest BCUT2D eigenvalue weighted by atomic mass is 10.2. The molecule has 2 rings (SSSR count). The quantitative estimate of drug-likeness (QED) is 0.615. The number of aliphatic hydroxyl groups excluding tert-OH is 1. The van der Waals surface area contributed by atoms with Gasteiger partial charge in [0.2, 0.25) is 0 Å². The fraction of sp³-hybridized carbons (Fsp3) is 0.188. The van der Waals surface area contributed by atoms with Crippen molar-refractivity contribution in [2.24, 2.45) is 0 Å². The molecule has 0 spiro atoms. The summed E-state index contributed by atoms with van der Waals surface area (Å²) in [7, 11) is 0. The van der Waals surface area contributed by atoms with Gasteiger partial charge in [0.15, 0.2) is 0 Å². The Morgan fingerprint density at radius 2 is 2.12 bits per heavy atom. The highest BCUT2D eigenvalue weighted by Gasteiger charge is 2.12. The number of aliphatic hydroxyl groups is 1. The van der Waals surface area contributed by atoms with Crippen LogP contribution in [-0.2, 0) is 0 Å². The van der Waals surface area contributed by atoms with Gasteiger partial charge in [-0.25, -0.2) is 0 Å². The van der Waals surface area contributed by atoms with E-state index in [0.29, 0.717) is 11.3 Å². The van der Waals surface area contributed by atoms with E-state index in [1.54, 1.807) is 25.1 Å². The predicted molar refractivity (Wildman–Crippen MR) is 88.6 cm³/mol. The van der Waals surface area contributed by atoms with E-state index < -0.39 is 11.0 Å². The van der Waals surface area contributed by atoms with E-state index in [2.05, 4.69) is 5.32 Å². The number of amides is 1. The number of nitro benzene ring substituents is 1. The van der Waals surface area contributed by atoms with Crippen LogP contribution in [0.5, 0.6) is 11.5 Å². The van der Waals surface area contributed by atoms with E-state index in [0.717, 1.165) is 0 Å². The minimum atomic E-state index is -0.646. The van der Waals surface area contributed by atoms with Crippen molar-refractivity contribution in [2.45, 2.75) is 13.0 Å². The van der Waals surface area contributed by atoms with Gasteiger partial charge in [0.25, 0.3) is 11.6 Å². The molecule has 1 unspecified atom stereocenters. The molecule has 0 aliphatic rings. The average Bonchev–Trinajstić information content (AvgIpc) is 2.54. The van der Waals surface area contributed by atoms with Gasteiger partial charge in [-0.15, -0.1) is 0 Å². The SMILES string of the molecule is CC(O)CNC(=O)c1cccc(Oc2ccc([N+](=O)[O-])cc2Cl)c1. The Morgan fingerprint density at radius 3 is 2.75 bits per heavy atom. The lowest BCUT2D eigenvalue weighted by molar-refractivity contribution is -0.384. The van der Waals surface area contributed by atoms with E-state index >= 15 is 0 Å². The molecule has 2 aromatic rings. The Balaban J connectivity index is 2.15. The second-order valence-electron chi connectivity index (χ2n) is 5.06. The smallest absolute Gasteiger partial charge is 0.271 e. The van der Waals surface area contributed by atoms with Crippen LogP contribution >= 0.6 is 11.6 Å². The van der Waals surface area contributed by atoms with Gasteiger partial charge in [0.05, 0.1) is 16.0 Å². The summed E-state index contributed by atoms with van der Waals surface area (Å²) in [5, 5.41) is 22.5. The van der Waals surface area contributed by atoms with Gasteiger partial charge in [-0.1, -0.05) is 17.7 Å². The fourth-order valence-corrected chi connectivity index (χ4v) is 2.07. The number of ether oxygens (including phenoxy) is 1. The predicted octanol–water partition coefficient (Wildman–Crippen LogP) is 3.15. The maximum absolute atomic E-state index is 12.0. The molecule has 0 aliphatic heterocycles. The molecule has 7 nitrogen and oxygen atoms in total. The van der Waals surface area contributed by atoms with E-state index in [4.69, 9.17) is 16.3 Å². The highest BCUT2D eigenvalue weighted by Crippen LogP contribution is 2.32. The third-order valence-electron chi connectivity index (χ3n) is 3.01. The number of nitro groups is 1. The minimum absolute atomic E-state index is 0.0909. The van der Waals surface area contributed by atoms with Crippen LogP contribution in [-0.4, -0.2) is 28.6 Å². The number of non-ortho nitro benzene ring substituents is 1. The van der Waals surface area contributed by atoms with Gasteiger partial charge in [0.1, 0.15) is 11.5 Å². The van der Waals surface area contributed by atoms with Crippen LogP contribution in [0.25, 0.3) is 0 Å². The van der Waals surface area contributed by atoms with Crippen molar-refractivity contribution in [1.82, 2.24) is 5.32 Å². The second kappa shape index (κ2) is 7.76. The molecule has 0 aliphatic carbocycles. The van der Waals surface area contributed by atoms with Crippen molar-refractivity contribution in [2.75, 3.05) is 6.54 Å². The zero-order chi connectivity index (χ0) is 17.7. The van der Waals surface area contributed by atoms with Crippen molar-refractivity contribution < 1.29 is 19.6 Å². The largest absolute Gasteiger partial charge is 0.456 e. The molecule has 126 valence electrons. The number of halogens is 1. The first-order valence-electron chi connectivity index (χ1n) is 7.05. The number of benzene rings is 2. The van der Waals surface area contributed by atoms with Crippen LogP contribution in [0.2, 0.25) is 5.02 Å². The summed E-state index contributed by atoms with van der Waals surface area (Å²) in [5.41, 5.74) is 0.213. The van der Waals surface area contributed by atoms with E-state index in [-0.39, 0.29) is 28.9 Å². The van der Waals surface area contributed by atoms with E-state index in [1.165, 1.54) is 24.3 Å². The number of hydrogen-bond acceptors (Lipinski definition) is 5. The molecule has 0 fully saturated rings. The first-order valence-corrected chi connectivity index (χ1v) is 7.42. The summed E-state index contributed by atoms with van der Waals surface area (Å²) < 4.78 is 5.58. The zero-order valence-corrected chi connectivity index (χ0v) is 13.5. The highest BCUT2D eigenvalue weighted by atomic mass is 35.5. The summed E-state index contributed by atoms with van der Waals surface area (Å²) in [4.78, 5) is 22.1. The molecule has 24 heavy (non-hydrogen) atoms. The molecule has 1 amide bonds. The van der Waals surface area contributed by atoms with Gasteiger partial charge in [-0.05, 0) is 31.2 Å². The van der Waals surface area contributed by atoms with E-state index in [1.807, 2.05) is 0 Å². The zero-order valence-electron chi connectivity index (χ0n) is 12.7. The number of hydrogen-bond donors (Lipinski definition) is 2. The number of nitrogens with zero attached hydrogens (tertiary/aromatic N) is 1. The lowest BCUT2D eigenvalue weighted by Gasteiger charge is -2.10. The molecule has 0 radical (unpaired) electrons. The number of carbonyl (C=O) groups is 1. The molecule has 2 aromatic carbocycles. The molecule has 1 atom stereocenters. The van der Waals surface area contributed by atoms with Crippen LogP contribution in [0.3, 0.4) is 0 Å². The van der Waals surface area contributed by atoms with Crippen molar-refractivity contribution in [1.29, 1.82) is 0 Å². The van der Waals surface area contributed by atoms with Crippen LogP contribution in [0.4, 0.5) is 5.69 Å². The molecule has 0 saturated carbocycles. The van der Waals surface area contributed by atoms with Gasteiger partial charge >= 0.3 is 0 Å². The molecule has 2 N–H and O–H groups in total. The topological polar surface area (TPSA) is 102 Å². The molecule has 0 saturated heterocycles. The lowest BCUT2D eigenvalue weighted by Crippen LogP contribution is -2.30. The maximum atomic E-state index is 12.0. The Hall–Kier alpha value is -2.64. The van der Waals surface area contributed by atoms with Gasteiger partial charge in [-0.3, -0.25) is 14.9 Å². The van der Waals surface area contributed by atoms with Crippen molar-refractivity contribution in [3.63, 3.8) is 0 Å². The summed E-state index contributed by atoms with van der Waals surface area (Å²) >= 11 is 5.97. The normalized spacial score (nSPS) is 11.6. The molecule has 0 aromatic heterocycles. The second-order valence-corrected chi connectivity index (χ2v) is 5.47. The van der Waals surface area contributed by atoms with Crippen LogP contribution in [0.1, 0.15) is 17.3 Å². The van der Waals surface area contributed by atoms with Crippen LogP contribution < -0.4 is 10.1 Å². The Bertz CT molecular complexity index is 764. The maximum Gasteiger partial charge on any atom is 0.271 e.